The Balaban J connectivity index is 1.23. The van der Waals surface area contributed by atoms with Crippen LogP contribution in [0.15, 0.2) is 54.6 Å². The molecule has 0 unspecified atom stereocenters. The van der Waals surface area contributed by atoms with Crippen molar-refractivity contribution in [2.75, 3.05) is 36.1 Å². The Morgan fingerprint density at radius 1 is 0.895 bits per heavy atom. The summed E-state index contributed by atoms with van der Waals surface area (Å²) in [6, 6.07) is 19.8. The topological polar surface area (TPSA) is 96.9 Å². The lowest BCUT2D eigenvalue weighted by Crippen LogP contribution is -2.40. The molecule has 0 saturated carbocycles. The first-order valence-electron chi connectivity index (χ1n) is 13.8. The van der Waals surface area contributed by atoms with Crippen LogP contribution < -0.4 is 21.3 Å². The quantitative estimate of drug-likeness (QED) is 0.334. The van der Waals surface area contributed by atoms with Gasteiger partial charge in [-0.25, -0.2) is 4.98 Å². The van der Waals surface area contributed by atoms with Gasteiger partial charge in [0.1, 0.15) is 0 Å². The van der Waals surface area contributed by atoms with Crippen LogP contribution in [0.2, 0.25) is 0 Å². The molecule has 0 spiro atoms. The van der Waals surface area contributed by atoms with Crippen LogP contribution in [-0.2, 0) is 12.8 Å². The Hall–Kier alpha value is -3.91. The zero-order valence-corrected chi connectivity index (χ0v) is 21.8. The number of hydrogen-bond donors (Lipinski definition) is 3. The van der Waals surface area contributed by atoms with Crippen LogP contribution in [0.25, 0.3) is 16.9 Å². The number of hydrogen-bond acceptors (Lipinski definition) is 7. The van der Waals surface area contributed by atoms with E-state index < -0.39 is 0 Å². The second kappa shape index (κ2) is 9.44. The Bertz CT molecular complexity index is 1470. The van der Waals surface area contributed by atoms with Gasteiger partial charge in [0.25, 0.3) is 0 Å². The lowest BCUT2D eigenvalue weighted by Gasteiger charge is -2.42. The maximum absolute atomic E-state index is 6.42. The van der Waals surface area contributed by atoms with Crippen LogP contribution in [0.5, 0.6) is 0 Å². The highest BCUT2D eigenvalue weighted by Crippen LogP contribution is 2.46. The summed E-state index contributed by atoms with van der Waals surface area (Å²) in [5, 5.41) is 11.6. The maximum Gasteiger partial charge on any atom is 0.248 e. The van der Waals surface area contributed by atoms with Crippen LogP contribution in [0, 0.1) is 0 Å². The molecule has 8 heteroatoms. The first-order valence-corrected chi connectivity index (χ1v) is 13.8. The summed E-state index contributed by atoms with van der Waals surface area (Å²) in [7, 11) is 2.06. The van der Waals surface area contributed by atoms with Crippen molar-refractivity contribution in [2.24, 2.45) is 0 Å². The molecule has 4 aromatic rings. The summed E-state index contributed by atoms with van der Waals surface area (Å²) in [6.45, 7) is 2.18. The van der Waals surface area contributed by atoms with Crippen LogP contribution in [0.3, 0.4) is 0 Å². The van der Waals surface area contributed by atoms with Gasteiger partial charge in [-0.2, -0.15) is 9.67 Å². The molecule has 5 heterocycles. The second-order valence-electron chi connectivity index (χ2n) is 10.8. The predicted octanol–water partition coefficient (Wildman–Crippen LogP) is 4.82. The van der Waals surface area contributed by atoms with Crippen molar-refractivity contribution in [1.82, 2.24) is 25.1 Å². The standard InChI is InChI=1S/C30H34N8/c1-32-23-10-7-19-8-12-24(17-22(19)9-11-23)33-30-35-29(31)38(36-30)26-18-25(20-5-3-2-4-6-20)28-27(34-26)21-13-15-37(28)16-14-21/h2-6,8,12,17-18,21,23,32H,7,9-11,13-16H2,1H3,(H3,31,33,35,36)/t23-/m0/s1. The average Bonchev–Trinajstić information content (AvgIpc) is 3.20. The van der Waals surface area contributed by atoms with Gasteiger partial charge < -0.3 is 21.3 Å². The van der Waals surface area contributed by atoms with Crippen molar-refractivity contribution in [1.29, 1.82) is 0 Å². The Morgan fingerprint density at radius 2 is 1.68 bits per heavy atom. The number of rotatable bonds is 5. The van der Waals surface area contributed by atoms with Gasteiger partial charge >= 0.3 is 0 Å². The van der Waals surface area contributed by atoms with Crippen molar-refractivity contribution in [3.05, 3.63) is 71.4 Å². The Morgan fingerprint density at radius 3 is 2.47 bits per heavy atom. The lowest BCUT2D eigenvalue weighted by molar-refractivity contribution is 0.463. The van der Waals surface area contributed by atoms with Gasteiger partial charge in [0.05, 0.1) is 11.4 Å². The number of piperidine rings is 1. The van der Waals surface area contributed by atoms with E-state index in [9.17, 15) is 0 Å². The minimum absolute atomic E-state index is 0.326. The maximum atomic E-state index is 6.42. The van der Waals surface area contributed by atoms with Gasteiger partial charge in [0, 0.05) is 36.3 Å². The molecule has 4 N–H and O–H groups in total. The van der Waals surface area contributed by atoms with Crippen LogP contribution >= 0.6 is 0 Å². The molecule has 194 valence electrons. The molecule has 1 aliphatic carbocycles. The highest BCUT2D eigenvalue weighted by atomic mass is 15.4. The summed E-state index contributed by atoms with van der Waals surface area (Å²) < 4.78 is 1.67. The fourth-order valence-electron chi connectivity index (χ4n) is 6.43. The van der Waals surface area contributed by atoms with Crippen molar-refractivity contribution in [3.8, 4) is 16.9 Å². The van der Waals surface area contributed by atoms with Gasteiger partial charge in [-0.05, 0) is 80.5 Å². The summed E-state index contributed by atoms with van der Waals surface area (Å²) in [5.74, 6) is 2.00. The minimum Gasteiger partial charge on any atom is -0.370 e. The van der Waals surface area contributed by atoms with Crippen molar-refractivity contribution in [3.63, 3.8) is 0 Å². The van der Waals surface area contributed by atoms with Crippen LogP contribution in [-0.4, -0.2) is 45.9 Å². The molecule has 3 aliphatic heterocycles. The monoisotopic (exact) mass is 506 g/mol. The fourth-order valence-corrected chi connectivity index (χ4v) is 6.43. The SMILES string of the molecule is CN[C@H]1CCc2ccc(Nc3nc(N)n(-c4cc(-c5ccccc5)c5c(n4)C4CCN5CC4)n3)cc2CC1. The molecule has 0 amide bonds. The van der Waals surface area contributed by atoms with E-state index in [1.807, 2.05) is 0 Å². The molecule has 8 nitrogen and oxygen atoms in total. The minimum atomic E-state index is 0.326. The zero-order chi connectivity index (χ0) is 25.6. The highest BCUT2D eigenvalue weighted by molar-refractivity contribution is 5.83. The summed E-state index contributed by atoms with van der Waals surface area (Å²) >= 11 is 0. The molecule has 2 aromatic carbocycles. The van der Waals surface area contributed by atoms with Gasteiger partial charge in [0.2, 0.25) is 11.9 Å². The van der Waals surface area contributed by atoms with Crippen molar-refractivity contribution < 1.29 is 0 Å². The Labute approximate surface area is 223 Å². The number of nitrogens with one attached hydrogen (secondary N) is 2. The van der Waals surface area contributed by atoms with E-state index in [4.69, 9.17) is 15.8 Å². The van der Waals surface area contributed by atoms with Crippen molar-refractivity contribution >= 4 is 23.3 Å². The number of benzene rings is 2. The molecule has 1 atom stereocenters. The summed E-state index contributed by atoms with van der Waals surface area (Å²) in [4.78, 5) is 12.2. The van der Waals surface area contributed by atoms with E-state index in [1.54, 1.807) is 4.68 Å². The van der Waals surface area contributed by atoms with E-state index in [0.717, 1.165) is 62.4 Å². The smallest absolute Gasteiger partial charge is 0.248 e. The largest absolute Gasteiger partial charge is 0.370 e. The molecule has 1 fully saturated rings. The number of nitrogen functional groups attached to an aromatic ring is 1. The zero-order valence-electron chi connectivity index (χ0n) is 21.8. The van der Waals surface area contributed by atoms with Gasteiger partial charge in [-0.15, -0.1) is 5.10 Å². The molecular weight excluding hydrogens is 472 g/mol. The fraction of sp³-hybridized carbons (Fsp3) is 0.367. The van der Waals surface area contributed by atoms with Crippen LogP contribution in [0.4, 0.5) is 23.3 Å². The lowest BCUT2D eigenvalue weighted by atomic mass is 9.84. The molecule has 38 heavy (non-hydrogen) atoms. The van der Waals surface area contributed by atoms with E-state index in [2.05, 4.69) is 82.2 Å². The summed E-state index contributed by atoms with van der Waals surface area (Å²) in [6.07, 6.45) is 6.79. The van der Waals surface area contributed by atoms with Crippen molar-refractivity contribution in [2.45, 2.75) is 50.5 Å². The van der Waals surface area contributed by atoms with E-state index in [0.29, 0.717) is 23.9 Å². The number of nitrogens with zero attached hydrogens (tertiary/aromatic N) is 5. The van der Waals surface area contributed by atoms with E-state index >= 15 is 0 Å². The molecule has 4 aliphatic rings. The molecular formula is C30H34N8. The van der Waals surface area contributed by atoms with Gasteiger partial charge in [-0.1, -0.05) is 36.4 Å². The third-order valence-corrected chi connectivity index (χ3v) is 8.53. The summed E-state index contributed by atoms with van der Waals surface area (Å²) in [5.41, 5.74) is 15.0. The average molecular weight is 507 g/mol. The van der Waals surface area contributed by atoms with Crippen LogP contribution in [0.1, 0.15) is 48.4 Å². The molecule has 2 bridgehead atoms. The third kappa shape index (κ3) is 4.09. The van der Waals surface area contributed by atoms with E-state index in [1.165, 1.54) is 34.4 Å². The number of pyridine rings is 1. The second-order valence-corrected chi connectivity index (χ2v) is 10.8. The highest BCUT2D eigenvalue weighted by Gasteiger charge is 2.35. The Kier molecular flexibility index (Phi) is 5.77. The first kappa shape index (κ1) is 23.2. The van der Waals surface area contributed by atoms with Gasteiger partial charge in [0.15, 0.2) is 5.82 Å². The van der Waals surface area contributed by atoms with Gasteiger partial charge in [-0.3, -0.25) is 0 Å². The van der Waals surface area contributed by atoms with E-state index in [-0.39, 0.29) is 0 Å². The number of fused-ring (bicyclic) bond motifs is 3. The molecule has 0 radical (unpaired) electrons. The number of nitrogens with two attached hydrogens (primary N) is 1. The molecule has 8 rings (SSSR count). The number of anilines is 4. The normalized spacial score (nSPS) is 18.7. The number of aryl methyl sites for hydroxylation is 2. The first-order chi connectivity index (χ1) is 18.7. The number of aromatic nitrogens is 4. The molecule has 2 aromatic heterocycles. The predicted molar refractivity (Wildman–Crippen MR) is 152 cm³/mol. The third-order valence-electron chi connectivity index (χ3n) is 8.53. The molecule has 1 saturated heterocycles.